The second kappa shape index (κ2) is 7.14. The molecule has 5 heteroatoms. The van der Waals surface area contributed by atoms with E-state index in [4.69, 9.17) is 14.9 Å². The second-order valence-corrected chi connectivity index (χ2v) is 8.05. The minimum absolute atomic E-state index is 0.147. The molecule has 0 bridgehead atoms. The Morgan fingerprint density at radius 2 is 1.85 bits per heavy atom. The highest BCUT2D eigenvalue weighted by molar-refractivity contribution is 6.06. The van der Waals surface area contributed by atoms with Crippen LogP contribution in [0, 0.1) is 5.41 Å². The molecule has 26 heavy (non-hydrogen) atoms. The number of unbranched alkanes of at least 4 members (excludes halogenated alkanes) is 1. The Bertz CT molecular complexity index is 828. The Balaban J connectivity index is 2.85. The molecule has 2 aromatic rings. The fourth-order valence-electron chi connectivity index (χ4n) is 3.15. The van der Waals surface area contributed by atoms with Crippen molar-refractivity contribution in [3.05, 3.63) is 29.5 Å². The van der Waals surface area contributed by atoms with Crippen LogP contribution in [0.25, 0.3) is 11.0 Å². The first kappa shape index (κ1) is 20.0. The van der Waals surface area contributed by atoms with E-state index in [1.54, 1.807) is 32.2 Å². The predicted octanol–water partition coefficient (Wildman–Crippen LogP) is 4.60. The van der Waals surface area contributed by atoms with Gasteiger partial charge in [-0.25, -0.2) is 0 Å². The maximum Gasteiger partial charge on any atom is 0.227 e. The molecule has 1 aromatic carbocycles. The largest absolute Gasteiger partial charge is 0.497 e. The minimum Gasteiger partial charge on any atom is -0.497 e. The maximum atomic E-state index is 13.1. The van der Waals surface area contributed by atoms with Crippen LogP contribution < -0.4 is 10.5 Å². The summed E-state index contributed by atoms with van der Waals surface area (Å²) in [5.41, 5.74) is 5.31. The second-order valence-electron chi connectivity index (χ2n) is 8.05. The van der Waals surface area contributed by atoms with Crippen LogP contribution in [0.3, 0.4) is 0 Å². The molecule has 5 nitrogen and oxygen atoms in total. The van der Waals surface area contributed by atoms with Crippen molar-refractivity contribution in [2.45, 2.75) is 59.3 Å². The van der Waals surface area contributed by atoms with Crippen molar-refractivity contribution in [2.75, 3.05) is 7.11 Å². The lowest BCUT2D eigenvalue weighted by molar-refractivity contribution is -0.123. The van der Waals surface area contributed by atoms with Gasteiger partial charge in [-0.3, -0.25) is 9.59 Å². The number of ketones is 1. The van der Waals surface area contributed by atoms with E-state index in [2.05, 4.69) is 6.92 Å². The quantitative estimate of drug-likeness (QED) is 0.732. The lowest BCUT2D eigenvalue weighted by Gasteiger charge is -2.27. The van der Waals surface area contributed by atoms with E-state index in [1.165, 1.54) is 0 Å². The zero-order chi connectivity index (χ0) is 19.7. The van der Waals surface area contributed by atoms with E-state index in [1.807, 2.05) is 20.8 Å². The lowest BCUT2D eigenvalue weighted by Crippen LogP contribution is -2.40. The van der Waals surface area contributed by atoms with Gasteiger partial charge in [0.15, 0.2) is 5.76 Å². The van der Waals surface area contributed by atoms with Gasteiger partial charge in [-0.15, -0.1) is 0 Å². The van der Waals surface area contributed by atoms with Crippen molar-refractivity contribution in [3.63, 3.8) is 0 Å². The standard InChI is InChI=1S/C21H29NO4/c1-7-8-11-21(5,19(22)24)16-14-12-13(25-6)9-10-15(14)26-17(16)18(23)20(2,3)4/h9-10,12H,7-8,11H2,1-6H3,(H2,22,24). The van der Waals surface area contributed by atoms with E-state index in [9.17, 15) is 9.59 Å². The molecule has 0 saturated heterocycles. The first-order chi connectivity index (χ1) is 12.1. The van der Waals surface area contributed by atoms with Crippen LogP contribution in [-0.2, 0) is 10.2 Å². The summed E-state index contributed by atoms with van der Waals surface area (Å²) in [6.45, 7) is 9.36. The summed E-state index contributed by atoms with van der Waals surface area (Å²) in [5.74, 6) is 0.251. The van der Waals surface area contributed by atoms with Gasteiger partial charge in [-0.1, -0.05) is 40.5 Å². The first-order valence-electron chi connectivity index (χ1n) is 9.02. The Labute approximate surface area is 154 Å². The molecular formula is C21H29NO4. The van der Waals surface area contributed by atoms with E-state index in [0.29, 0.717) is 28.7 Å². The average Bonchev–Trinajstić information content (AvgIpc) is 2.96. The number of benzene rings is 1. The van der Waals surface area contributed by atoms with E-state index in [0.717, 1.165) is 12.8 Å². The number of rotatable bonds is 7. The third kappa shape index (κ3) is 3.48. The van der Waals surface area contributed by atoms with Crippen LogP contribution in [0.4, 0.5) is 0 Å². The van der Waals surface area contributed by atoms with Gasteiger partial charge in [0.1, 0.15) is 11.3 Å². The number of carbonyl (C=O) groups is 2. The zero-order valence-electron chi connectivity index (χ0n) is 16.6. The summed E-state index contributed by atoms with van der Waals surface area (Å²) < 4.78 is 11.3. The average molecular weight is 359 g/mol. The Kier molecular flexibility index (Phi) is 5.49. The van der Waals surface area contributed by atoms with E-state index < -0.39 is 16.7 Å². The molecule has 0 saturated carbocycles. The lowest BCUT2D eigenvalue weighted by atomic mass is 9.74. The zero-order valence-corrected chi connectivity index (χ0v) is 16.6. The SMILES string of the molecule is CCCCC(C)(C(N)=O)c1c(C(=O)C(C)(C)C)oc2ccc(OC)cc12. The highest BCUT2D eigenvalue weighted by Gasteiger charge is 2.42. The van der Waals surface area contributed by atoms with Gasteiger partial charge in [0.2, 0.25) is 11.7 Å². The van der Waals surface area contributed by atoms with Gasteiger partial charge in [0.05, 0.1) is 12.5 Å². The number of fused-ring (bicyclic) bond motifs is 1. The van der Waals surface area contributed by atoms with Crippen LogP contribution in [0.2, 0.25) is 0 Å². The van der Waals surface area contributed by atoms with Crippen LogP contribution >= 0.6 is 0 Å². The van der Waals surface area contributed by atoms with Crippen molar-refractivity contribution in [2.24, 2.45) is 11.1 Å². The summed E-state index contributed by atoms with van der Waals surface area (Å²) >= 11 is 0. The number of carbonyl (C=O) groups excluding carboxylic acids is 2. The normalized spacial score (nSPS) is 14.2. The Morgan fingerprint density at radius 1 is 1.19 bits per heavy atom. The number of Topliss-reactive ketones (excluding diaryl/α,β-unsaturated/α-hetero) is 1. The third-order valence-corrected chi connectivity index (χ3v) is 4.91. The molecule has 142 valence electrons. The molecule has 2 N–H and O–H groups in total. The van der Waals surface area contributed by atoms with Crippen molar-refractivity contribution in [3.8, 4) is 5.75 Å². The molecule has 0 aliphatic heterocycles. The number of primary amides is 1. The molecule has 0 aliphatic carbocycles. The maximum absolute atomic E-state index is 13.1. The summed E-state index contributed by atoms with van der Waals surface area (Å²) in [6, 6.07) is 5.34. The van der Waals surface area contributed by atoms with Gasteiger partial charge in [-0.05, 0) is 31.5 Å². The highest BCUT2D eigenvalue weighted by atomic mass is 16.5. The van der Waals surface area contributed by atoms with Gasteiger partial charge in [0.25, 0.3) is 0 Å². The number of hydrogen-bond acceptors (Lipinski definition) is 4. The van der Waals surface area contributed by atoms with Crippen molar-refractivity contribution in [1.29, 1.82) is 0 Å². The molecule has 1 unspecified atom stereocenters. The Hall–Kier alpha value is -2.30. The summed E-state index contributed by atoms with van der Waals surface area (Å²) in [5, 5.41) is 0.703. The number of furan rings is 1. The predicted molar refractivity (Wildman–Crippen MR) is 103 cm³/mol. The van der Waals surface area contributed by atoms with Crippen molar-refractivity contribution >= 4 is 22.7 Å². The fourth-order valence-corrected chi connectivity index (χ4v) is 3.15. The fraction of sp³-hybridized carbons (Fsp3) is 0.524. The first-order valence-corrected chi connectivity index (χ1v) is 9.02. The van der Waals surface area contributed by atoms with Gasteiger partial charge < -0.3 is 14.9 Å². The number of ether oxygens (including phenoxy) is 1. The van der Waals surface area contributed by atoms with E-state index in [-0.39, 0.29) is 11.5 Å². The number of amides is 1. The molecule has 0 radical (unpaired) electrons. The Morgan fingerprint density at radius 3 is 2.35 bits per heavy atom. The number of nitrogens with two attached hydrogens (primary N) is 1. The van der Waals surface area contributed by atoms with Gasteiger partial charge >= 0.3 is 0 Å². The summed E-state index contributed by atoms with van der Waals surface area (Å²) in [4.78, 5) is 25.6. The van der Waals surface area contributed by atoms with Gasteiger partial charge in [0, 0.05) is 16.4 Å². The minimum atomic E-state index is -0.996. The highest BCUT2D eigenvalue weighted by Crippen LogP contribution is 2.42. The van der Waals surface area contributed by atoms with Crippen LogP contribution in [0.1, 0.15) is 70.0 Å². The molecule has 0 fully saturated rings. The molecule has 2 rings (SSSR count). The molecule has 0 aliphatic rings. The smallest absolute Gasteiger partial charge is 0.227 e. The molecule has 1 atom stereocenters. The van der Waals surface area contributed by atoms with Crippen molar-refractivity contribution in [1.82, 2.24) is 0 Å². The molecule has 1 amide bonds. The van der Waals surface area contributed by atoms with E-state index >= 15 is 0 Å². The number of hydrogen-bond donors (Lipinski definition) is 1. The van der Waals surface area contributed by atoms with Gasteiger partial charge in [-0.2, -0.15) is 0 Å². The monoisotopic (exact) mass is 359 g/mol. The molecule has 1 heterocycles. The van der Waals surface area contributed by atoms with Crippen molar-refractivity contribution < 1.29 is 18.7 Å². The number of methoxy groups -OCH3 is 1. The van der Waals surface area contributed by atoms with Crippen LogP contribution in [-0.4, -0.2) is 18.8 Å². The topological polar surface area (TPSA) is 82.5 Å². The summed E-state index contributed by atoms with van der Waals surface area (Å²) in [7, 11) is 1.58. The van der Waals surface area contributed by atoms with Crippen LogP contribution in [0.15, 0.2) is 22.6 Å². The third-order valence-electron chi connectivity index (χ3n) is 4.91. The molecular weight excluding hydrogens is 330 g/mol. The summed E-state index contributed by atoms with van der Waals surface area (Å²) in [6.07, 6.45) is 2.29. The molecule has 0 spiro atoms. The molecule has 1 aromatic heterocycles. The van der Waals surface area contributed by atoms with Crippen LogP contribution in [0.5, 0.6) is 5.75 Å².